The van der Waals surface area contributed by atoms with Gasteiger partial charge in [-0.3, -0.25) is 24.0 Å². The van der Waals surface area contributed by atoms with Gasteiger partial charge in [0.15, 0.2) is 6.10 Å². The van der Waals surface area contributed by atoms with Crippen LogP contribution in [0.2, 0.25) is 0 Å². The van der Waals surface area contributed by atoms with Crippen LogP contribution in [0.4, 0.5) is 13.2 Å². The summed E-state index contributed by atoms with van der Waals surface area (Å²) in [4.78, 5) is 65.5. The van der Waals surface area contributed by atoms with Crippen LogP contribution in [-0.4, -0.2) is 71.1 Å². The summed E-state index contributed by atoms with van der Waals surface area (Å²) in [6.45, 7) is 5.66. The van der Waals surface area contributed by atoms with Gasteiger partial charge >= 0.3 is 6.18 Å². The molecule has 7 N–H and O–H groups in total. The minimum Gasteiger partial charge on any atom is -0.382 e. The Kier molecular flexibility index (Phi) is 19.6. The number of aliphatic hydroxyl groups excluding tert-OH is 1. The van der Waals surface area contributed by atoms with Crippen LogP contribution in [0, 0.1) is 5.92 Å². The molecule has 0 aliphatic carbocycles. The van der Waals surface area contributed by atoms with E-state index in [1.807, 2.05) is 0 Å². The highest BCUT2D eigenvalue weighted by Crippen LogP contribution is 2.24. The smallest absolute Gasteiger partial charge is 0.382 e. The predicted octanol–water partition coefficient (Wildman–Crippen LogP) is 4.40. The van der Waals surface area contributed by atoms with Gasteiger partial charge in [0.1, 0.15) is 18.1 Å². The quantitative estimate of drug-likeness (QED) is 0.0867. The molecule has 5 atom stereocenters. The zero-order valence-electron chi connectivity index (χ0n) is 30.9. The summed E-state index contributed by atoms with van der Waals surface area (Å²) in [6.07, 6.45) is -2.03. The van der Waals surface area contributed by atoms with E-state index in [2.05, 4.69) is 28.2 Å². The molecule has 0 saturated heterocycles. The Morgan fingerprint density at radius 2 is 1.15 bits per heavy atom. The third-order valence-electron chi connectivity index (χ3n) is 8.85. The number of alkyl halides is 3. The molecule has 0 radical (unpaired) electrons. The average Bonchev–Trinajstić information content (AvgIpc) is 3.11. The van der Waals surface area contributed by atoms with Gasteiger partial charge in [-0.1, -0.05) is 120 Å². The van der Waals surface area contributed by atoms with Gasteiger partial charge in [0.25, 0.3) is 0 Å². The van der Waals surface area contributed by atoms with Gasteiger partial charge in [-0.15, -0.1) is 0 Å². The minimum absolute atomic E-state index is 0.0110. The largest absolute Gasteiger partial charge is 0.416 e. The number of rotatable bonds is 24. The van der Waals surface area contributed by atoms with E-state index < -0.39 is 72.9 Å². The van der Waals surface area contributed by atoms with Crippen LogP contribution in [0.5, 0.6) is 0 Å². The number of hydrogen-bond donors (Lipinski definition) is 6. The van der Waals surface area contributed by atoms with Crippen molar-refractivity contribution in [2.24, 2.45) is 11.7 Å². The van der Waals surface area contributed by atoms with Gasteiger partial charge in [-0.05, 0) is 29.9 Å². The predicted molar refractivity (Wildman–Crippen MR) is 196 cm³/mol. The molecule has 0 aromatic heterocycles. The fourth-order valence-electron chi connectivity index (χ4n) is 5.79. The molecule has 0 bridgehead atoms. The fraction of sp³-hybridized carbons (Fsp3) is 0.564. The number of hydrogen-bond acceptors (Lipinski definition) is 6. The van der Waals surface area contributed by atoms with E-state index in [-0.39, 0.29) is 31.1 Å². The van der Waals surface area contributed by atoms with Gasteiger partial charge in [0.05, 0.1) is 6.04 Å². The maximum absolute atomic E-state index is 14.0. The molecule has 2 rings (SSSR count). The Hall–Kier alpha value is -4.46. The second kappa shape index (κ2) is 23.3. The zero-order chi connectivity index (χ0) is 39.4. The highest BCUT2D eigenvalue weighted by Gasteiger charge is 2.44. The Bertz CT molecular complexity index is 1430. The molecular formula is C39H56F3N5O6. The van der Waals surface area contributed by atoms with E-state index in [0.29, 0.717) is 17.5 Å². The number of amides is 5. The summed E-state index contributed by atoms with van der Waals surface area (Å²) in [5.74, 6) is -4.04. The molecule has 294 valence electrons. The second-order valence-electron chi connectivity index (χ2n) is 13.8. The van der Waals surface area contributed by atoms with Crippen molar-refractivity contribution >= 4 is 29.5 Å². The minimum atomic E-state index is -5.13. The molecule has 2 unspecified atom stereocenters. The van der Waals surface area contributed by atoms with E-state index in [4.69, 9.17) is 5.73 Å². The second-order valence-corrected chi connectivity index (χ2v) is 13.8. The Labute approximate surface area is 310 Å². The Morgan fingerprint density at radius 3 is 1.62 bits per heavy atom. The van der Waals surface area contributed by atoms with Crippen molar-refractivity contribution < 1.29 is 42.3 Å². The highest BCUT2D eigenvalue weighted by atomic mass is 19.4. The number of carbonyl (C=O) groups is 5. The Balaban J connectivity index is 2.30. The number of aliphatic hydroxyl groups is 1. The van der Waals surface area contributed by atoms with Crippen molar-refractivity contribution in [3.05, 3.63) is 71.8 Å². The van der Waals surface area contributed by atoms with E-state index in [9.17, 15) is 42.3 Å². The normalized spacial score (nSPS) is 14.3. The Morgan fingerprint density at radius 1 is 0.679 bits per heavy atom. The number of unbranched alkanes of at least 4 members (excludes halogenated alkanes) is 6. The molecule has 0 heterocycles. The van der Waals surface area contributed by atoms with Crippen LogP contribution in [0.25, 0.3) is 0 Å². The van der Waals surface area contributed by atoms with E-state index in [1.165, 1.54) is 6.42 Å². The van der Waals surface area contributed by atoms with Gasteiger partial charge in [-0.25, -0.2) is 0 Å². The summed E-state index contributed by atoms with van der Waals surface area (Å²) in [7, 11) is 0. The molecule has 0 aliphatic heterocycles. The van der Waals surface area contributed by atoms with Crippen LogP contribution in [0.15, 0.2) is 60.7 Å². The number of carbonyl (C=O) groups excluding carboxylic acids is 5. The number of primary amides is 1. The molecule has 2 aromatic carbocycles. The number of benzene rings is 2. The maximum atomic E-state index is 14.0. The van der Waals surface area contributed by atoms with Crippen LogP contribution >= 0.6 is 0 Å². The van der Waals surface area contributed by atoms with Crippen LogP contribution in [-0.2, 0) is 36.8 Å². The fourth-order valence-corrected chi connectivity index (χ4v) is 5.79. The monoisotopic (exact) mass is 747 g/mol. The summed E-state index contributed by atoms with van der Waals surface area (Å²) in [5, 5.41) is 20.3. The molecule has 53 heavy (non-hydrogen) atoms. The average molecular weight is 748 g/mol. The highest BCUT2D eigenvalue weighted by molar-refractivity contribution is 5.94. The molecular weight excluding hydrogens is 691 g/mol. The number of halogens is 3. The lowest BCUT2D eigenvalue weighted by Crippen LogP contribution is -2.60. The molecule has 14 heteroatoms. The topological polar surface area (TPSA) is 180 Å². The van der Waals surface area contributed by atoms with E-state index in [1.54, 1.807) is 74.5 Å². The molecule has 0 aliphatic rings. The van der Waals surface area contributed by atoms with Crippen LogP contribution in [0.3, 0.4) is 0 Å². The van der Waals surface area contributed by atoms with Gasteiger partial charge < -0.3 is 32.1 Å². The first kappa shape index (κ1) is 44.7. The molecule has 0 saturated carbocycles. The number of nitrogens with one attached hydrogen (secondary N) is 4. The molecule has 0 spiro atoms. The van der Waals surface area contributed by atoms with E-state index in [0.717, 1.165) is 32.1 Å². The van der Waals surface area contributed by atoms with Crippen molar-refractivity contribution in [1.29, 1.82) is 0 Å². The van der Waals surface area contributed by atoms with Gasteiger partial charge in [0, 0.05) is 25.7 Å². The molecule has 11 nitrogen and oxygen atoms in total. The summed E-state index contributed by atoms with van der Waals surface area (Å²) < 4.78 is 40.6. The first-order valence-corrected chi connectivity index (χ1v) is 18.4. The van der Waals surface area contributed by atoms with Crippen molar-refractivity contribution in [1.82, 2.24) is 21.3 Å². The standard InChI is InChI=1S/C39H56F3N5O6/c1-4-5-6-7-8-9-16-21-33(49)47-34(26(2)3)38(53)46-31(25-28-19-14-11-15-20-28)37(52)45-30(24-27-17-12-10-13-18-27)36(51)44-29(22-23-32(43)48)35(50)39(40,41)42/h10-15,17-20,26,29-31,34-35,50H,4-9,16,21-25H2,1-3H3,(H2,43,48)(H,44,51)(H,45,52)(H,46,53)(H,47,49)/t29?,30-,31-,34-,35?/m0/s1. The summed E-state index contributed by atoms with van der Waals surface area (Å²) >= 11 is 0. The first-order chi connectivity index (χ1) is 25.1. The lowest BCUT2D eigenvalue weighted by atomic mass is 9.99. The molecule has 5 amide bonds. The van der Waals surface area contributed by atoms with Crippen LogP contribution in [0.1, 0.15) is 96.1 Å². The summed E-state index contributed by atoms with van der Waals surface area (Å²) in [6, 6.07) is 11.5. The SMILES string of the molecule is CCCCCCCCCC(=O)N[C@H](C(=O)N[C@@H](Cc1ccccc1)C(=O)N[C@@H](Cc1ccccc1)C(=O)NC(CCC(N)=O)C(O)C(F)(F)F)C(C)C. The van der Waals surface area contributed by atoms with Gasteiger partial charge in [0.2, 0.25) is 29.5 Å². The third kappa shape index (κ3) is 17.3. The van der Waals surface area contributed by atoms with E-state index >= 15 is 0 Å². The zero-order valence-corrected chi connectivity index (χ0v) is 30.9. The number of nitrogens with two attached hydrogens (primary N) is 1. The third-order valence-corrected chi connectivity index (χ3v) is 8.85. The van der Waals surface area contributed by atoms with Crippen molar-refractivity contribution in [3.63, 3.8) is 0 Å². The van der Waals surface area contributed by atoms with Crippen molar-refractivity contribution in [2.75, 3.05) is 0 Å². The maximum Gasteiger partial charge on any atom is 0.416 e. The first-order valence-electron chi connectivity index (χ1n) is 18.4. The summed E-state index contributed by atoms with van der Waals surface area (Å²) in [5.41, 5.74) is 6.36. The molecule has 0 fully saturated rings. The van der Waals surface area contributed by atoms with Crippen molar-refractivity contribution in [3.8, 4) is 0 Å². The van der Waals surface area contributed by atoms with Gasteiger partial charge in [-0.2, -0.15) is 13.2 Å². The van der Waals surface area contributed by atoms with Crippen LogP contribution < -0.4 is 27.0 Å². The lowest BCUT2D eigenvalue weighted by molar-refractivity contribution is -0.212. The molecule has 2 aromatic rings. The lowest BCUT2D eigenvalue weighted by Gasteiger charge is -2.29. The van der Waals surface area contributed by atoms with Crippen molar-refractivity contribution in [2.45, 2.75) is 134 Å².